The molecule has 166 valence electrons. The van der Waals surface area contributed by atoms with Crippen molar-refractivity contribution in [1.29, 1.82) is 0 Å². The van der Waals surface area contributed by atoms with Gasteiger partial charge in [0.25, 0.3) is 17.5 Å². The van der Waals surface area contributed by atoms with E-state index in [0.29, 0.717) is 22.0 Å². The van der Waals surface area contributed by atoms with Gasteiger partial charge < -0.3 is 10.2 Å². The summed E-state index contributed by atoms with van der Waals surface area (Å²) in [4.78, 5) is 40.3. The summed E-state index contributed by atoms with van der Waals surface area (Å²) in [6.07, 6.45) is 0. The van der Waals surface area contributed by atoms with Crippen LogP contribution in [0, 0.1) is 10.1 Å². The Balaban J connectivity index is 1.79. The number of nitro benzene ring substituents is 1. The Kier molecular flexibility index (Phi) is 5.85. The molecule has 0 radical (unpaired) electrons. The van der Waals surface area contributed by atoms with Crippen molar-refractivity contribution in [3.63, 3.8) is 0 Å². The molecule has 1 aliphatic heterocycles. The smallest absolute Gasteiger partial charge is 0.282 e. The quantitative estimate of drug-likeness (QED) is 0.324. The highest BCUT2D eigenvalue weighted by Gasteiger charge is 2.40. The van der Waals surface area contributed by atoms with Crippen LogP contribution in [0.2, 0.25) is 5.02 Å². The van der Waals surface area contributed by atoms with Crippen LogP contribution in [0.15, 0.2) is 78.5 Å². The summed E-state index contributed by atoms with van der Waals surface area (Å²) in [6, 6.07) is 19.3. The molecule has 0 spiro atoms. The predicted octanol–water partition coefficient (Wildman–Crippen LogP) is 4.71. The van der Waals surface area contributed by atoms with Crippen LogP contribution in [-0.2, 0) is 9.59 Å². The molecule has 0 aromatic heterocycles. The van der Waals surface area contributed by atoms with Crippen LogP contribution in [0.3, 0.4) is 0 Å². The first-order chi connectivity index (χ1) is 15.8. The minimum absolute atomic E-state index is 0.0754. The molecule has 0 saturated heterocycles. The van der Waals surface area contributed by atoms with E-state index < -0.39 is 16.7 Å². The zero-order valence-corrected chi connectivity index (χ0v) is 18.5. The Morgan fingerprint density at radius 3 is 2.18 bits per heavy atom. The lowest BCUT2D eigenvalue weighted by molar-refractivity contribution is -0.384. The SMILES string of the molecule is CN(C)c1ccc(NC2=C(c3ccc([N+](=O)[O-])cc3)C(=O)N(c3cccc(Cl)c3)C2=O)cc1. The Morgan fingerprint density at radius 1 is 0.939 bits per heavy atom. The topological polar surface area (TPSA) is 95.8 Å². The summed E-state index contributed by atoms with van der Waals surface area (Å²) < 4.78 is 0. The summed E-state index contributed by atoms with van der Waals surface area (Å²) in [7, 11) is 3.83. The first-order valence-electron chi connectivity index (χ1n) is 9.94. The first-order valence-corrected chi connectivity index (χ1v) is 10.3. The molecule has 0 unspecified atom stereocenters. The number of nitrogens with one attached hydrogen (secondary N) is 1. The minimum Gasteiger partial charge on any atom is -0.378 e. The molecule has 8 nitrogen and oxygen atoms in total. The molecule has 0 atom stereocenters. The van der Waals surface area contributed by atoms with Gasteiger partial charge in [-0.05, 0) is 60.2 Å². The van der Waals surface area contributed by atoms with Gasteiger partial charge in [0.1, 0.15) is 5.70 Å². The van der Waals surface area contributed by atoms with Crippen molar-refractivity contribution in [2.24, 2.45) is 0 Å². The second kappa shape index (κ2) is 8.76. The van der Waals surface area contributed by atoms with Crippen LogP contribution in [0.4, 0.5) is 22.7 Å². The number of hydrogen-bond acceptors (Lipinski definition) is 6. The van der Waals surface area contributed by atoms with E-state index in [1.165, 1.54) is 30.3 Å². The monoisotopic (exact) mass is 462 g/mol. The number of imide groups is 1. The Labute approximate surface area is 194 Å². The Hall–Kier alpha value is -4.17. The third-order valence-electron chi connectivity index (χ3n) is 5.17. The molecule has 0 aliphatic carbocycles. The molecule has 4 rings (SSSR count). The number of benzene rings is 3. The molecule has 3 aromatic rings. The first kappa shape index (κ1) is 22.0. The van der Waals surface area contributed by atoms with Crippen molar-refractivity contribution in [1.82, 2.24) is 0 Å². The number of hydrogen-bond donors (Lipinski definition) is 1. The largest absolute Gasteiger partial charge is 0.378 e. The van der Waals surface area contributed by atoms with Gasteiger partial charge in [0, 0.05) is 42.6 Å². The van der Waals surface area contributed by atoms with E-state index >= 15 is 0 Å². The molecular formula is C24H19ClN4O4. The minimum atomic E-state index is -0.552. The molecule has 1 aliphatic rings. The summed E-state index contributed by atoms with van der Waals surface area (Å²) in [6.45, 7) is 0. The summed E-state index contributed by atoms with van der Waals surface area (Å²) >= 11 is 6.08. The predicted molar refractivity (Wildman–Crippen MR) is 128 cm³/mol. The lowest BCUT2D eigenvalue weighted by Crippen LogP contribution is -2.32. The fourth-order valence-electron chi connectivity index (χ4n) is 3.50. The molecular weight excluding hydrogens is 444 g/mol. The van der Waals surface area contributed by atoms with Gasteiger partial charge in [-0.15, -0.1) is 0 Å². The maximum absolute atomic E-state index is 13.4. The third kappa shape index (κ3) is 4.28. The Bertz CT molecular complexity index is 1280. The van der Waals surface area contributed by atoms with E-state index in [0.717, 1.165) is 10.6 Å². The van der Waals surface area contributed by atoms with Crippen molar-refractivity contribution < 1.29 is 14.5 Å². The lowest BCUT2D eigenvalue weighted by Gasteiger charge is -2.16. The maximum Gasteiger partial charge on any atom is 0.282 e. The normalized spacial score (nSPS) is 13.5. The van der Waals surface area contributed by atoms with Crippen molar-refractivity contribution in [3.8, 4) is 0 Å². The number of rotatable bonds is 6. The van der Waals surface area contributed by atoms with Crippen LogP contribution in [-0.4, -0.2) is 30.8 Å². The molecule has 1 heterocycles. The van der Waals surface area contributed by atoms with Gasteiger partial charge in [-0.1, -0.05) is 17.7 Å². The highest BCUT2D eigenvalue weighted by atomic mass is 35.5. The van der Waals surface area contributed by atoms with Crippen LogP contribution < -0.4 is 15.1 Å². The number of non-ortho nitro benzene ring substituents is 1. The zero-order valence-electron chi connectivity index (χ0n) is 17.8. The Morgan fingerprint density at radius 2 is 1.61 bits per heavy atom. The van der Waals surface area contributed by atoms with Gasteiger partial charge >= 0.3 is 0 Å². The fourth-order valence-corrected chi connectivity index (χ4v) is 3.68. The van der Waals surface area contributed by atoms with E-state index in [1.807, 2.05) is 31.1 Å². The number of anilines is 3. The molecule has 1 N–H and O–H groups in total. The number of carbonyl (C=O) groups excluding carboxylic acids is 2. The van der Waals surface area contributed by atoms with Crippen LogP contribution in [0.25, 0.3) is 5.57 Å². The second-order valence-electron chi connectivity index (χ2n) is 7.55. The summed E-state index contributed by atoms with van der Waals surface area (Å²) in [5, 5.41) is 14.5. The van der Waals surface area contributed by atoms with E-state index in [4.69, 9.17) is 11.6 Å². The number of amides is 2. The maximum atomic E-state index is 13.4. The number of carbonyl (C=O) groups is 2. The molecule has 0 fully saturated rings. The summed E-state index contributed by atoms with van der Waals surface area (Å²) in [5.74, 6) is -1.10. The standard InChI is InChI=1S/C24H19ClN4O4/c1-27(2)18-12-8-17(9-13-18)26-22-21(15-6-10-19(11-7-15)29(32)33)23(30)28(24(22)31)20-5-3-4-16(25)14-20/h3-14,26H,1-2H3. The highest BCUT2D eigenvalue weighted by Crippen LogP contribution is 2.35. The average Bonchev–Trinajstić information content (AvgIpc) is 3.03. The van der Waals surface area contributed by atoms with Crippen molar-refractivity contribution >= 4 is 51.7 Å². The van der Waals surface area contributed by atoms with Crippen LogP contribution in [0.1, 0.15) is 5.56 Å². The molecule has 2 amide bonds. The molecule has 0 bridgehead atoms. The number of nitro groups is 1. The van der Waals surface area contributed by atoms with Gasteiger partial charge in [-0.25, -0.2) is 4.90 Å². The van der Waals surface area contributed by atoms with E-state index in [2.05, 4.69) is 5.32 Å². The van der Waals surface area contributed by atoms with E-state index in [-0.39, 0.29) is 17.0 Å². The number of nitrogens with zero attached hydrogens (tertiary/aromatic N) is 3. The summed E-state index contributed by atoms with van der Waals surface area (Å²) in [5.41, 5.74) is 2.38. The average molecular weight is 463 g/mol. The number of halogens is 1. The highest BCUT2D eigenvalue weighted by molar-refractivity contribution is 6.46. The van der Waals surface area contributed by atoms with Gasteiger partial charge in [-0.2, -0.15) is 0 Å². The van der Waals surface area contributed by atoms with Gasteiger partial charge in [0.15, 0.2) is 0 Å². The van der Waals surface area contributed by atoms with Crippen molar-refractivity contribution in [2.75, 3.05) is 29.2 Å². The van der Waals surface area contributed by atoms with E-state index in [1.54, 1.807) is 30.3 Å². The van der Waals surface area contributed by atoms with Gasteiger partial charge in [0.2, 0.25) is 0 Å². The second-order valence-corrected chi connectivity index (χ2v) is 7.98. The van der Waals surface area contributed by atoms with Crippen LogP contribution >= 0.6 is 11.6 Å². The lowest BCUT2D eigenvalue weighted by atomic mass is 10.0. The fraction of sp³-hybridized carbons (Fsp3) is 0.0833. The van der Waals surface area contributed by atoms with Gasteiger partial charge in [-0.3, -0.25) is 19.7 Å². The van der Waals surface area contributed by atoms with Crippen LogP contribution in [0.5, 0.6) is 0 Å². The molecule has 3 aromatic carbocycles. The van der Waals surface area contributed by atoms with E-state index in [9.17, 15) is 19.7 Å². The molecule has 0 saturated carbocycles. The van der Waals surface area contributed by atoms with Crippen molar-refractivity contribution in [3.05, 3.63) is 99.2 Å². The van der Waals surface area contributed by atoms with Crippen molar-refractivity contribution in [2.45, 2.75) is 0 Å². The van der Waals surface area contributed by atoms with Gasteiger partial charge in [0.05, 0.1) is 16.2 Å². The zero-order chi connectivity index (χ0) is 23.7. The molecule has 9 heteroatoms. The third-order valence-corrected chi connectivity index (χ3v) is 5.41. The molecule has 33 heavy (non-hydrogen) atoms.